The summed E-state index contributed by atoms with van der Waals surface area (Å²) in [4.78, 5) is 6.39. The quantitative estimate of drug-likeness (QED) is 0.815. The molecule has 0 fully saturated rings. The van der Waals surface area contributed by atoms with Crippen LogP contribution in [0.1, 0.15) is 11.4 Å². The summed E-state index contributed by atoms with van der Waals surface area (Å²) >= 11 is 12.4. The number of benzene rings is 1. The molecule has 6 heteroatoms. The van der Waals surface area contributed by atoms with Crippen molar-refractivity contribution in [3.63, 3.8) is 0 Å². The number of ether oxygens (including phenoxy) is 1. The molecular weight excluding hydrogens is 309 g/mol. The smallest absolute Gasteiger partial charge is 0.143 e. The van der Waals surface area contributed by atoms with Crippen molar-refractivity contribution in [2.24, 2.45) is 7.05 Å². The fraction of sp³-hybridized carbons (Fsp3) is 0.400. The van der Waals surface area contributed by atoms with Crippen molar-refractivity contribution in [1.82, 2.24) is 14.5 Å². The number of hydrogen-bond donors (Lipinski definition) is 0. The Bertz CT molecular complexity index is 611. The molecule has 0 aliphatic heterocycles. The van der Waals surface area contributed by atoms with Gasteiger partial charge in [0.2, 0.25) is 0 Å². The molecule has 0 spiro atoms. The van der Waals surface area contributed by atoms with Crippen LogP contribution in [-0.4, -0.2) is 41.7 Å². The third-order valence-corrected chi connectivity index (χ3v) is 3.97. The van der Waals surface area contributed by atoms with Crippen LogP contribution in [0.25, 0.3) is 0 Å². The first-order valence-corrected chi connectivity index (χ1v) is 7.45. The minimum absolute atomic E-state index is 0.460. The van der Waals surface area contributed by atoms with Crippen LogP contribution < -0.4 is 4.74 Å². The van der Waals surface area contributed by atoms with Gasteiger partial charge in [0.15, 0.2) is 0 Å². The summed E-state index contributed by atoms with van der Waals surface area (Å²) in [7, 11) is 5.96. The maximum atomic E-state index is 6.30. The number of imidazole rings is 1. The van der Waals surface area contributed by atoms with Crippen molar-refractivity contribution in [2.75, 3.05) is 27.2 Å². The number of halogens is 2. The summed E-state index contributed by atoms with van der Waals surface area (Å²) < 4.78 is 7.83. The Morgan fingerprint density at radius 2 is 2.05 bits per heavy atom. The lowest BCUT2D eigenvalue weighted by Gasteiger charge is -2.16. The highest BCUT2D eigenvalue weighted by Crippen LogP contribution is 2.36. The van der Waals surface area contributed by atoms with Crippen LogP contribution in [0.5, 0.6) is 5.75 Å². The third kappa shape index (κ3) is 4.13. The zero-order valence-electron chi connectivity index (χ0n) is 12.4. The molecule has 0 aliphatic rings. The largest absolute Gasteiger partial charge is 0.490 e. The molecular formula is C15H19Cl2N3O. The lowest BCUT2D eigenvalue weighted by atomic mass is 10.1. The lowest BCUT2D eigenvalue weighted by Crippen LogP contribution is -2.20. The molecule has 1 heterocycles. The molecule has 0 aliphatic carbocycles. The van der Waals surface area contributed by atoms with Gasteiger partial charge in [0.25, 0.3) is 0 Å². The first-order valence-electron chi connectivity index (χ1n) is 6.69. The number of aryl methyl sites for hydroxylation is 1. The molecule has 0 atom stereocenters. The second-order valence-electron chi connectivity index (χ2n) is 5.13. The molecule has 0 unspecified atom stereocenters. The van der Waals surface area contributed by atoms with Crippen LogP contribution in [0, 0.1) is 0 Å². The van der Waals surface area contributed by atoms with Crippen LogP contribution in [0.3, 0.4) is 0 Å². The highest BCUT2D eigenvalue weighted by Gasteiger charge is 2.14. The molecule has 4 nitrogen and oxygen atoms in total. The monoisotopic (exact) mass is 327 g/mol. The van der Waals surface area contributed by atoms with Gasteiger partial charge in [-0.15, -0.1) is 0 Å². The van der Waals surface area contributed by atoms with Gasteiger partial charge in [0.1, 0.15) is 23.2 Å². The van der Waals surface area contributed by atoms with Crippen LogP contribution in [-0.2, 0) is 13.5 Å². The van der Waals surface area contributed by atoms with E-state index in [-0.39, 0.29) is 0 Å². The van der Waals surface area contributed by atoms with Gasteiger partial charge in [-0.25, -0.2) is 4.98 Å². The highest BCUT2D eigenvalue weighted by atomic mass is 35.5. The topological polar surface area (TPSA) is 30.3 Å². The molecule has 1 aromatic heterocycles. The number of nitrogens with zero attached hydrogens (tertiary/aromatic N) is 3. The number of hydrogen-bond acceptors (Lipinski definition) is 3. The molecule has 0 N–H and O–H groups in total. The Morgan fingerprint density at radius 1 is 1.29 bits per heavy atom. The van der Waals surface area contributed by atoms with E-state index in [1.165, 1.54) is 0 Å². The van der Waals surface area contributed by atoms with Gasteiger partial charge in [-0.05, 0) is 20.2 Å². The standard InChI is InChI=1S/C15H19Cl2N3O/c1-19(2)8-9-21-15-11(4-5-12(16)14(15)17)10-13-18-6-7-20(13)3/h4-7H,8-10H2,1-3H3. The van der Waals surface area contributed by atoms with E-state index in [4.69, 9.17) is 27.9 Å². The zero-order chi connectivity index (χ0) is 15.4. The maximum Gasteiger partial charge on any atom is 0.143 e. The van der Waals surface area contributed by atoms with Gasteiger partial charge in [0.05, 0.1) is 5.02 Å². The lowest BCUT2D eigenvalue weighted by molar-refractivity contribution is 0.260. The Hall–Kier alpha value is -1.23. The summed E-state index contributed by atoms with van der Waals surface area (Å²) in [6.07, 6.45) is 4.34. The molecule has 2 aromatic rings. The van der Waals surface area contributed by atoms with E-state index in [1.807, 2.05) is 38.0 Å². The van der Waals surface area contributed by atoms with E-state index in [1.54, 1.807) is 12.3 Å². The molecule has 0 bridgehead atoms. The second-order valence-corrected chi connectivity index (χ2v) is 5.92. The fourth-order valence-corrected chi connectivity index (χ4v) is 2.32. The molecule has 0 amide bonds. The minimum atomic E-state index is 0.460. The van der Waals surface area contributed by atoms with E-state index in [0.717, 1.165) is 17.9 Å². The summed E-state index contributed by atoms with van der Waals surface area (Å²) in [6, 6.07) is 3.73. The summed E-state index contributed by atoms with van der Waals surface area (Å²) in [5.41, 5.74) is 0.984. The SMILES string of the molecule is CN(C)CCOc1c(Cc2nccn2C)ccc(Cl)c1Cl. The van der Waals surface area contributed by atoms with Crippen LogP contribution in [0.4, 0.5) is 0 Å². The first-order chi connectivity index (χ1) is 9.99. The number of rotatable bonds is 6. The van der Waals surface area contributed by atoms with E-state index in [2.05, 4.69) is 9.88 Å². The van der Waals surface area contributed by atoms with E-state index in [9.17, 15) is 0 Å². The van der Waals surface area contributed by atoms with Gasteiger partial charge in [-0.2, -0.15) is 0 Å². The van der Waals surface area contributed by atoms with Gasteiger partial charge in [-0.3, -0.25) is 0 Å². The Labute approximate surface area is 135 Å². The van der Waals surface area contributed by atoms with E-state index >= 15 is 0 Å². The zero-order valence-corrected chi connectivity index (χ0v) is 13.9. The average molecular weight is 328 g/mol. The molecule has 2 rings (SSSR count). The Morgan fingerprint density at radius 3 is 2.67 bits per heavy atom. The Balaban J connectivity index is 2.23. The maximum absolute atomic E-state index is 6.30. The molecule has 0 saturated heterocycles. The predicted octanol–water partition coefficient (Wildman–Crippen LogP) is 3.26. The van der Waals surface area contributed by atoms with Crippen molar-refractivity contribution in [3.8, 4) is 5.75 Å². The third-order valence-electron chi connectivity index (χ3n) is 3.19. The summed E-state index contributed by atoms with van der Waals surface area (Å²) in [6.45, 7) is 1.37. The van der Waals surface area contributed by atoms with Gasteiger partial charge < -0.3 is 14.2 Å². The molecule has 0 radical (unpaired) electrons. The van der Waals surface area contributed by atoms with Gasteiger partial charge in [-0.1, -0.05) is 29.3 Å². The fourth-order valence-electron chi connectivity index (χ4n) is 1.93. The molecule has 21 heavy (non-hydrogen) atoms. The van der Waals surface area contributed by atoms with E-state index < -0.39 is 0 Å². The van der Waals surface area contributed by atoms with E-state index in [0.29, 0.717) is 28.8 Å². The average Bonchev–Trinajstić information content (AvgIpc) is 2.82. The number of aromatic nitrogens is 2. The van der Waals surface area contributed by atoms with Crippen molar-refractivity contribution < 1.29 is 4.74 Å². The summed E-state index contributed by atoms with van der Waals surface area (Å²) in [5.74, 6) is 1.60. The van der Waals surface area contributed by atoms with Crippen LogP contribution in [0.15, 0.2) is 24.5 Å². The Kier molecular flexibility index (Phi) is 5.51. The van der Waals surface area contributed by atoms with Crippen LogP contribution in [0.2, 0.25) is 10.0 Å². The van der Waals surface area contributed by atoms with Gasteiger partial charge >= 0.3 is 0 Å². The predicted molar refractivity (Wildman–Crippen MR) is 86.5 cm³/mol. The second kappa shape index (κ2) is 7.16. The van der Waals surface area contributed by atoms with Crippen molar-refractivity contribution in [1.29, 1.82) is 0 Å². The number of likely N-dealkylation sites (N-methyl/N-ethyl adjacent to an activating group) is 1. The van der Waals surface area contributed by atoms with Gasteiger partial charge in [0, 0.05) is 38.0 Å². The van der Waals surface area contributed by atoms with Crippen molar-refractivity contribution >= 4 is 23.2 Å². The van der Waals surface area contributed by atoms with Crippen molar-refractivity contribution in [3.05, 3.63) is 46.0 Å². The van der Waals surface area contributed by atoms with Crippen molar-refractivity contribution in [2.45, 2.75) is 6.42 Å². The van der Waals surface area contributed by atoms with Crippen LogP contribution >= 0.6 is 23.2 Å². The first kappa shape index (κ1) is 16.1. The minimum Gasteiger partial charge on any atom is -0.490 e. The summed E-state index contributed by atoms with van der Waals surface area (Å²) in [5, 5.41) is 0.960. The normalized spacial score (nSPS) is 11.1. The molecule has 1 aromatic carbocycles. The highest BCUT2D eigenvalue weighted by molar-refractivity contribution is 6.43. The molecule has 114 valence electrons. The molecule has 0 saturated carbocycles.